The molecule has 4 aromatic rings. The van der Waals surface area contributed by atoms with Crippen LogP contribution in [0.25, 0.3) is 11.4 Å². The highest BCUT2D eigenvalue weighted by molar-refractivity contribution is 5.96. The second-order valence-electron chi connectivity index (χ2n) is 7.15. The van der Waals surface area contributed by atoms with Crippen LogP contribution in [0.2, 0.25) is 0 Å². The lowest BCUT2D eigenvalue weighted by Crippen LogP contribution is -2.26. The topological polar surface area (TPSA) is 77.2 Å². The van der Waals surface area contributed by atoms with Crippen LogP contribution in [0.3, 0.4) is 0 Å². The van der Waals surface area contributed by atoms with Gasteiger partial charge in [-0.1, -0.05) is 77.5 Å². The number of nitrogens with one attached hydrogen (secondary N) is 1. The minimum absolute atomic E-state index is 0.0766. The van der Waals surface area contributed by atoms with E-state index in [0.717, 1.165) is 17.5 Å². The summed E-state index contributed by atoms with van der Waals surface area (Å²) in [7, 11) is 0. The van der Waals surface area contributed by atoms with Gasteiger partial charge in [0.25, 0.3) is 11.8 Å². The van der Waals surface area contributed by atoms with Crippen molar-refractivity contribution < 1.29 is 14.1 Å². The molecule has 0 spiro atoms. The Bertz CT molecular complexity index is 1140. The lowest BCUT2D eigenvalue weighted by molar-refractivity contribution is 0.0948. The second-order valence-corrected chi connectivity index (χ2v) is 7.15. The Morgan fingerprint density at radius 3 is 2.52 bits per heavy atom. The quantitative estimate of drug-likeness (QED) is 0.457. The molecule has 0 aliphatic rings. The van der Waals surface area contributed by atoms with E-state index in [2.05, 4.69) is 15.5 Å². The number of carbonyl (C=O) groups is 1. The average Bonchev–Trinajstić information content (AvgIpc) is 3.28. The highest BCUT2D eigenvalue weighted by Gasteiger charge is 2.14. The van der Waals surface area contributed by atoms with Crippen LogP contribution in [0.1, 0.15) is 27.4 Å². The van der Waals surface area contributed by atoms with Crippen molar-refractivity contribution in [2.24, 2.45) is 0 Å². The zero-order chi connectivity index (χ0) is 21.5. The van der Waals surface area contributed by atoms with Gasteiger partial charge in [-0.3, -0.25) is 4.79 Å². The molecular weight excluding hydrogens is 390 g/mol. The van der Waals surface area contributed by atoms with Gasteiger partial charge >= 0.3 is 0 Å². The molecule has 31 heavy (non-hydrogen) atoms. The van der Waals surface area contributed by atoms with Gasteiger partial charge in [0.2, 0.25) is 5.82 Å². The first kappa shape index (κ1) is 20.3. The zero-order valence-electron chi connectivity index (χ0n) is 17.2. The number of rotatable bonds is 8. The number of aromatic nitrogens is 2. The van der Waals surface area contributed by atoms with Crippen LogP contribution in [-0.4, -0.2) is 22.6 Å². The monoisotopic (exact) mass is 413 g/mol. The van der Waals surface area contributed by atoms with Crippen molar-refractivity contribution in [1.29, 1.82) is 0 Å². The molecule has 0 bridgehead atoms. The smallest absolute Gasteiger partial charge is 0.264 e. The van der Waals surface area contributed by atoms with Crippen molar-refractivity contribution in [2.75, 3.05) is 6.54 Å². The summed E-state index contributed by atoms with van der Waals surface area (Å²) in [6.45, 7) is 2.64. The van der Waals surface area contributed by atoms with Gasteiger partial charge < -0.3 is 14.6 Å². The number of hydrogen-bond donors (Lipinski definition) is 1. The van der Waals surface area contributed by atoms with Crippen LogP contribution in [0, 0.1) is 6.92 Å². The summed E-state index contributed by atoms with van der Waals surface area (Å²) in [6, 6.07) is 25.0. The molecule has 0 unspecified atom stereocenters. The summed E-state index contributed by atoms with van der Waals surface area (Å²) in [5.74, 6) is 1.13. The molecule has 0 aliphatic heterocycles. The lowest BCUT2D eigenvalue weighted by atomic mass is 10.1. The van der Waals surface area contributed by atoms with Gasteiger partial charge in [-0.2, -0.15) is 4.98 Å². The summed E-state index contributed by atoms with van der Waals surface area (Å²) in [4.78, 5) is 17.0. The summed E-state index contributed by atoms with van der Waals surface area (Å²) in [5, 5.41) is 6.96. The maximum absolute atomic E-state index is 12.6. The number of benzene rings is 3. The summed E-state index contributed by atoms with van der Waals surface area (Å²) >= 11 is 0. The molecule has 6 heteroatoms. The van der Waals surface area contributed by atoms with Crippen molar-refractivity contribution in [2.45, 2.75) is 20.0 Å². The van der Waals surface area contributed by atoms with Crippen molar-refractivity contribution >= 4 is 5.91 Å². The fourth-order valence-corrected chi connectivity index (χ4v) is 3.11. The van der Waals surface area contributed by atoms with Crippen molar-refractivity contribution in [3.05, 3.63) is 101 Å². The molecule has 0 fully saturated rings. The largest absolute Gasteiger partial charge is 0.483 e. The second kappa shape index (κ2) is 9.71. The maximum Gasteiger partial charge on any atom is 0.264 e. The Hall–Kier alpha value is -3.93. The molecule has 6 nitrogen and oxygen atoms in total. The normalized spacial score (nSPS) is 10.6. The van der Waals surface area contributed by atoms with Crippen molar-refractivity contribution in [3.63, 3.8) is 0 Å². The van der Waals surface area contributed by atoms with E-state index >= 15 is 0 Å². The third-order valence-corrected chi connectivity index (χ3v) is 4.80. The van der Waals surface area contributed by atoms with Crippen LogP contribution in [0.15, 0.2) is 83.4 Å². The van der Waals surface area contributed by atoms with E-state index in [0.29, 0.717) is 29.6 Å². The number of aryl methyl sites for hydroxylation is 1. The number of carbonyl (C=O) groups excluding carboxylic acids is 1. The number of ether oxygens (including phenoxy) is 1. The molecule has 0 radical (unpaired) electrons. The first-order valence-electron chi connectivity index (χ1n) is 10.1. The molecule has 1 heterocycles. The van der Waals surface area contributed by atoms with E-state index in [1.807, 2.05) is 67.6 Å². The molecule has 0 saturated carbocycles. The third-order valence-electron chi connectivity index (χ3n) is 4.80. The van der Waals surface area contributed by atoms with E-state index in [1.165, 1.54) is 5.56 Å². The van der Waals surface area contributed by atoms with E-state index in [9.17, 15) is 4.79 Å². The van der Waals surface area contributed by atoms with Crippen LogP contribution in [0.4, 0.5) is 0 Å². The summed E-state index contributed by atoms with van der Waals surface area (Å²) in [6.07, 6.45) is 0.763. The van der Waals surface area contributed by atoms with Gasteiger partial charge in [-0.25, -0.2) is 0 Å². The van der Waals surface area contributed by atoms with Crippen molar-refractivity contribution in [1.82, 2.24) is 15.5 Å². The minimum atomic E-state index is -0.183. The highest BCUT2D eigenvalue weighted by Crippen LogP contribution is 2.21. The van der Waals surface area contributed by atoms with Crippen LogP contribution in [0.5, 0.6) is 5.75 Å². The van der Waals surface area contributed by atoms with Gasteiger partial charge in [-0.05, 0) is 31.0 Å². The molecule has 0 atom stereocenters. The third kappa shape index (κ3) is 5.36. The Labute approximate surface area is 180 Å². The number of nitrogens with zero attached hydrogens (tertiary/aromatic N) is 2. The predicted molar refractivity (Wildman–Crippen MR) is 118 cm³/mol. The SMILES string of the molecule is Cc1ccc(-c2noc(COc3ccccc3C(=O)NCCc3ccccc3)n2)cc1. The molecule has 0 saturated heterocycles. The molecule has 3 aromatic carbocycles. The van der Waals surface area contributed by atoms with Crippen LogP contribution >= 0.6 is 0 Å². The Balaban J connectivity index is 1.36. The number of amides is 1. The van der Waals surface area contributed by atoms with E-state index in [4.69, 9.17) is 9.26 Å². The summed E-state index contributed by atoms with van der Waals surface area (Å²) in [5.41, 5.74) is 3.68. The molecule has 156 valence electrons. The zero-order valence-corrected chi connectivity index (χ0v) is 17.2. The Morgan fingerprint density at radius 2 is 1.71 bits per heavy atom. The molecule has 4 rings (SSSR count). The molecule has 1 aromatic heterocycles. The fraction of sp³-hybridized carbons (Fsp3) is 0.160. The number of hydrogen-bond acceptors (Lipinski definition) is 5. The van der Waals surface area contributed by atoms with Crippen LogP contribution < -0.4 is 10.1 Å². The summed E-state index contributed by atoms with van der Waals surface area (Å²) < 4.78 is 11.1. The van der Waals surface area contributed by atoms with Gasteiger partial charge in [0.05, 0.1) is 5.56 Å². The van der Waals surface area contributed by atoms with E-state index in [1.54, 1.807) is 18.2 Å². The molecule has 1 amide bonds. The molecule has 1 N–H and O–H groups in total. The minimum Gasteiger partial charge on any atom is -0.483 e. The Morgan fingerprint density at radius 1 is 0.968 bits per heavy atom. The van der Waals surface area contributed by atoms with Gasteiger partial charge in [-0.15, -0.1) is 0 Å². The van der Waals surface area contributed by atoms with E-state index in [-0.39, 0.29) is 12.5 Å². The van der Waals surface area contributed by atoms with Crippen LogP contribution in [-0.2, 0) is 13.0 Å². The van der Waals surface area contributed by atoms with Gasteiger partial charge in [0.15, 0.2) is 6.61 Å². The molecular formula is C25H23N3O3. The standard InChI is InChI=1S/C25H23N3O3/c1-18-11-13-20(14-12-18)24-27-23(31-28-24)17-30-22-10-6-5-9-21(22)25(29)26-16-15-19-7-3-2-4-8-19/h2-14H,15-17H2,1H3,(H,26,29). The lowest BCUT2D eigenvalue weighted by Gasteiger charge is -2.10. The highest BCUT2D eigenvalue weighted by atomic mass is 16.5. The van der Waals surface area contributed by atoms with Gasteiger partial charge in [0.1, 0.15) is 5.75 Å². The Kier molecular flexibility index (Phi) is 6.38. The van der Waals surface area contributed by atoms with Gasteiger partial charge in [0, 0.05) is 12.1 Å². The first-order valence-corrected chi connectivity index (χ1v) is 10.1. The maximum atomic E-state index is 12.6. The average molecular weight is 413 g/mol. The van der Waals surface area contributed by atoms with E-state index < -0.39 is 0 Å². The van der Waals surface area contributed by atoms with Crippen molar-refractivity contribution in [3.8, 4) is 17.1 Å². The number of para-hydroxylation sites is 1. The first-order chi connectivity index (χ1) is 15.2. The predicted octanol–water partition coefficient (Wildman–Crippen LogP) is 4.60. The fourth-order valence-electron chi connectivity index (χ4n) is 3.11. The molecule has 0 aliphatic carbocycles.